The van der Waals surface area contributed by atoms with E-state index in [1.807, 2.05) is 19.1 Å². The van der Waals surface area contributed by atoms with Crippen LogP contribution in [-0.2, 0) is 9.53 Å². The van der Waals surface area contributed by atoms with E-state index in [0.29, 0.717) is 18.9 Å². The lowest BCUT2D eigenvalue weighted by Gasteiger charge is -2.24. The monoisotopic (exact) mass is 309 g/mol. The predicted molar refractivity (Wildman–Crippen MR) is 91.4 cm³/mol. The Kier molecular flexibility index (Phi) is 5.09. The SMILES string of the molecule is CCOC(=O)CC1NCC(c2ccccc2)C1c1ccccc1. The summed E-state index contributed by atoms with van der Waals surface area (Å²) in [4.78, 5) is 12.0. The molecule has 1 aliphatic rings. The van der Waals surface area contributed by atoms with Crippen LogP contribution < -0.4 is 5.32 Å². The van der Waals surface area contributed by atoms with E-state index in [2.05, 4.69) is 53.8 Å². The first-order valence-corrected chi connectivity index (χ1v) is 8.28. The van der Waals surface area contributed by atoms with Crippen LogP contribution in [0, 0.1) is 0 Å². The number of esters is 1. The van der Waals surface area contributed by atoms with E-state index in [9.17, 15) is 4.79 Å². The first-order chi connectivity index (χ1) is 11.3. The Morgan fingerprint density at radius 3 is 2.26 bits per heavy atom. The van der Waals surface area contributed by atoms with Gasteiger partial charge in [0.2, 0.25) is 0 Å². The summed E-state index contributed by atoms with van der Waals surface area (Å²) < 4.78 is 5.15. The molecule has 0 radical (unpaired) electrons. The molecule has 0 spiro atoms. The maximum absolute atomic E-state index is 12.0. The number of nitrogens with one attached hydrogen (secondary N) is 1. The maximum atomic E-state index is 12.0. The summed E-state index contributed by atoms with van der Waals surface area (Å²) in [7, 11) is 0. The van der Waals surface area contributed by atoms with Gasteiger partial charge in [-0.3, -0.25) is 4.79 Å². The molecule has 1 heterocycles. The third-order valence-corrected chi connectivity index (χ3v) is 4.57. The molecular weight excluding hydrogens is 286 g/mol. The normalized spacial score (nSPS) is 23.6. The second-order valence-electron chi connectivity index (χ2n) is 5.98. The van der Waals surface area contributed by atoms with Gasteiger partial charge in [0, 0.05) is 24.4 Å². The summed E-state index contributed by atoms with van der Waals surface area (Å²) >= 11 is 0. The van der Waals surface area contributed by atoms with Crippen molar-refractivity contribution in [3.05, 3.63) is 71.8 Å². The molecule has 1 saturated heterocycles. The number of carbonyl (C=O) groups is 1. The highest BCUT2D eigenvalue weighted by Gasteiger charge is 2.38. The lowest BCUT2D eigenvalue weighted by molar-refractivity contribution is -0.143. The highest BCUT2D eigenvalue weighted by atomic mass is 16.5. The van der Waals surface area contributed by atoms with E-state index in [1.54, 1.807) is 0 Å². The zero-order chi connectivity index (χ0) is 16.1. The van der Waals surface area contributed by atoms with Crippen LogP contribution in [0.25, 0.3) is 0 Å². The van der Waals surface area contributed by atoms with Gasteiger partial charge in [-0.15, -0.1) is 0 Å². The number of benzene rings is 2. The minimum atomic E-state index is -0.125. The van der Waals surface area contributed by atoms with E-state index in [-0.39, 0.29) is 17.9 Å². The summed E-state index contributed by atoms with van der Waals surface area (Å²) in [5.74, 6) is 0.528. The summed E-state index contributed by atoms with van der Waals surface area (Å²) in [5.41, 5.74) is 2.60. The van der Waals surface area contributed by atoms with Gasteiger partial charge in [-0.1, -0.05) is 60.7 Å². The Balaban J connectivity index is 1.88. The average Bonchev–Trinajstić information content (AvgIpc) is 3.00. The van der Waals surface area contributed by atoms with Gasteiger partial charge in [-0.25, -0.2) is 0 Å². The van der Waals surface area contributed by atoms with Crippen molar-refractivity contribution in [2.24, 2.45) is 0 Å². The summed E-state index contributed by atoms with van der Waals surface area (Å²) in [6, 6.07) is 21.1. The molecule has 3 nitrogen and oxygen atoms in total. The van der Waals surface area contributed by atoms with Crippen LogP contribution in [0.15, 0.2) is 60.7 Å². The van der Waals surface area contributed by atoms with Crippen molar-refractivity contribution < 1.29 is 9.53 Å². The summed E-state index contributed by atoms with van der Waals surface area (Å²) in [6.45, 7) is 3.17. The molecule has 0 aromatic heterocycles. The number of hydrogen-bond donors (Lipinski definition) is 1. The average molecular weight is 309 g/mol. The van der Waals surface area contributed by atoms with E-state index in [4.69, 9.17) is 4.74 Å². The van der Waals surface area contributed by atoms with E-state index in [1.165, 1.54) is 11.1 Å². The molecule has 2 aromatic carbocycles. The van der Waals surface area contributed by atoms with Gasteiger partial charge in [-0.2, -0.15) is 0 Å². The van der Waals surface area contributed by atoms with Gasteiger partial charge in [0.05, 0.1) is 13.0 Å². The molecule has 23 heavy (non-hydrogen) atoms. The van der Waals surface area contributed by atoms with Crippen molar-refractivity contribution in [2.45, 2.75) is 31.2 Å². The molecule has 0 bridgehead atoms. The van der Waals surface area contributed by atoms with E-state index < -0.39 is 0 Å². The standard InChI is InChI=1S/C20H23NO2/c1-2-23-19(22)13-18-20(16-11-7-4-8-12-16)17(14-21-18)15-9-5-3-6-10-15/h3-12,17-18,20-21H,2,13-14H2,1H3. The van der Waals surface area contributed by atoms with Gasteiger partial charge in [0.1, 0.15) is 0 Å². The molecule has 3 rings (SSSR count). The molecule has 3 heteroatoms. The van der Waals surface area contributed by atoms with Gasteiger partial charge < -0.3 is 10.1 Å². The zero-order valence-electron chi connectivity index (χ0n) is 13.4. The molecule has 1 aliphatic heterocycles. The predicted octanol–water partition coefficient (Wildman–Crippen LogP) is 3.48. The Hall–Kier alpha value is -2.13. The topological polar surface area (TPSA) is 38.3 Å². The fraction of sp³-hybridized carbons (Fsp3) is 0.350. The number of carbonyl (C=O) groups excluding carboxylic acids is 1. The third kappa shape index (κ3) is 3.62. The highest BCUT2D eigenvalue weighted by molar-refractivity contribution is 5.70. The van der Waals surface area contributed by atoms with Gasteiger partial charge in [0.25, 0.3) is 0 Å². The Morgan fingerprint density at radius 2 is 1.65 bits per heavy atom. The smallest absolute Gasteiger partial charge is 0.307 e. The second-order valence-corrected chi connectivity index (χ2v) is 5.98. The van der Waals surface area contributed by atoms with Gasteiger partial charge in [-0.05, 0) is 18.1 Å². The minimum absolute atomic E-state index is 0.113. The summed E-state index contributed by atoms with van der Waals surface area (Å²) in [6.07, 6.45) is 0.413. The van der Waals surface area contributed by atoms with Crippen LogP contribution in [0.2, 0.25) is 0 Å². The van der Waals surface area contributed by atoms with E-state index in [0.717, 1.165) is 6.54 Å². The Bertz CT molecular complexity index is 627. The molecule has 0 aliphatic carbocycles. The Labute approximate surface area is 137 Å². The lowest BCUT2D eigenvalue weighted by atomic mass is 9.79. The highest BCUT2D eigenvalue weighted by Crippen LogP contribution is 2.40. The quantitative estimate of drug-likeness (QED) is 0.859. The van der Waals surface area contributed by atoms with Crippen molar-refractivity contribution in [3.63, 3.8) is 0 Å². The lowest BCUT2D eigenvalue weighted by Crippen LogP contribution is -2.29. The molecule has 1 N–H and O–H groups in total. The zero-order valence-corrected chi connectivity index (χ0v) is 13.4. The van der Waals surface area contributed by atoms with Crippen molar-refractivity contribution in [3.8, 4) is 0 Å². The molecular formula is C20H23NO2. The molecule has 0 amide bonds. The second kappa shape index (κ2) is 7.42. The Morgan fingerprint density at radius 1 is 1.04 bits per heavy atom. The van der Waals surface area contributed by atoms with Crippen LogP contribution in [0.3, 0.4) is 0 Å². The first-order valence-electron chi connectivity index (χ1n) is 8.28. The van der Waals surface area contributed by atoms with Gasteiger partial charge >= 0.3 is 5.97 Å². The van der Waals surface area contributed by atoms with Crippen molar-refractivity contribution >= 4 is 5.97 Å². The fourth-order valence-corrected chi connectivity index (χ4v) is 3.58. The van der Waals surface area contributed by atoms with Crippen molar-refractivity contribution in [1.29, 1.82) is 0 Å². The molecule has 1 fully saturated rings. The van der Waals surface area contributed by atoms with Crippen LogP contribution in [-0.4, -0.2) is 25.2 Å². The number of hydrogen-bond acceptors (Lipinski definition) is 3. The minimum Gasteiger partial charge on any atom is -0.466 e. The van der Waals surface area contributed by atoms with Crippen molar-refractivity contribution in [2.75, 3.05) is 13.2 Å². The van der Waals surface area contributed by atoms with Crippen LogP contribution in [0.4, 0.5) is 0 Å². The van der Waals surface area contributed by atoms with Crippen molar-refractivity contribution in [1.82, 2.24) is 5.32 Å². The fourth-order valence-electron chi connectivity index (χ4n) is 3.58. The van der Waals surface area contributed by atoms with Crippen LogP contribution in [0.1, 0.15) is 36.3 Å². The van der Waals surface area contributed by atoms with Crippen LogP contribution in [0.5, 0.6) is 0 Å². The molecule has 0 saturated carbocycles. The number of rotatable bonds is 5. The largest absolute Gasteiger partial charge is 0.466 e. The molecule has 3 atom stereocenters. The molecule has 2 aromatic rings. The molecule has 120 valence electrons. The third-order valence-electron chi connectivity index (χ3n) is 4.57. The number of ether oxygens (including phenoxy) is 1. The molecule has 3 unspecified atom stereocenters. The maximum Gasteiger partial charge on any atom is 0.307 e. The van der Waals surface area contributed by atoms with Gasteiger partial charge in [0.15, 0.2) is 0 Å². The van der Waals surface area contributed by atoms with Crippen LogP contribution >= 0.6 is 0 Å². The van der Waals surface area contributed by atoms with E-state index >= 15 is 0 Å². The first kappa shape index (κ1) is 15.8. The summed E-state index contributed by atoms with van der Waals surface area (Å²) in [5, 5.41) is 3.54.